The van der Waals surface area contributed by atoms with Crippen molar-refractivity contribution >= 4 is 5.97 Å². The molecule has 0 heterocycles. The summed E-state index contributed by atoms with van der Waals surface area (Å²) in [4.78, 5) is 11.2. The first-order chi connectivity index (χ1) is 6.17. The van der Waals surface area contributed by atoms with E-state index in [0.717, 1.165) is 0 Å². The Morgan fingerprint density at radius 3 is 2.69 bits per heavy atom. The molecule has 0 aliphatic carbocycles. The summed E-state index contributed by atoms with van der Waals surface area (Å²) in [7, 11) is 1.38. The Labute approximate surface area is 79.5 Å². The average Bonchev–Trinajstić information content (AvgIpc) is 2.15. The quantitative estimate of drug-likeness (QED) is 0.396. The molecule has 0 aliphatic heterocycles. The van der Waals surface area contributed by atoms with Crippen LogP contribution in [-0.2, 0) is 9.53 Å². The Hall–Kier alpha value is -1.09. The van der Waals surface area contributed by atoms with E-state index in [-0.39, 0.29) is 12.0 Å². The molecule has 0 fully saturated rings. The summed E-state index contributed by atoms with van der Waals surface area (Å²) in [5, 5.41) is 3.11. The van der Waals surface area contributed by atoms with E-state index in [9.17, 15) is 4.79 Å². The average molecular weight is 183 g/mol. The summed E-state index contributed by atoms with van der Waals surface area (Å²) < 4.78 is 4.63. The molecule has 1 atom stereocenters. The maximum atomic E-state index is 11.2. The van der Waals surface area contributed by atoms with Crippen LogP contribution in [-0.4, -0.2) is 25.7 Å². The summed E-state index contributed by atoms with van der Waals surface area (Å²) in [6.45, 7) is 7.99. The van der Waals surface area contributed by atoms with Crippen molar-refractivity contribution in [3.05, 3.63) is 24.3 Å². The molecule has 13 heavy (non-hydrogen) atoms. The predicted octanol–water partition coefficient (Wildman–Crippen LogP) is 1.27. The minimum Gasteiger partial charge on any atom is -0.466 e. The van der Waals surface area contributed by atoms with Gasteiger partial charge in [-0.3, -0.25) is 0 Å². The van der Waals surface area contributed by atoms with Gasteiger partial charge in [0.25, 0.3) is 0 Å². The highest BCUT2D eigenvalue weighted by Gasteiger charge is 2.14. The molecule has 0 aliphatic rings. The van der Waals surface area contributed by atoms with Gasteiger partial charge in [0.1, 0.15) is 0 Å². The van der Waals surface area contributed by atoms with Gasteiger partial charge in [-0.15, -0.1) is 6.58 Å². The lowest BCUT2D eigenvalue weighted by molar-refractivity contribution is -0.136. The smallest absolute Gasteiger partial charge is 0.334 e. The van der Waals surface area contributed by atoms with Crippen molar-refractivity contribution in [1.82, 2.24) is 5.32 Å². The molecule has 0 aromatic carbocycles. The lowest BCUT2D eigenvalue weighted by atomic mass is 10.1. The van der Waals surface area contributed by atoms with Crippen LogP contribution in [0, 0.1) is 0 Å². The second kappa shape index (κ2) is 6.43. The Bertz CT molecular complexity index is 209. The number of hydrogen-bond donors (Lipinski definition) is 1. The maximum Gasteiger partial charge on any atom is 0.334 e. The van der Waals surface area contributed by atoms with E-state index in [4.69, 9.17) is 0 Å². The molecule has 0 bridgehead atoms. The zero-order valence-electron chi connectivity index (χ0n) is 8.46. The fraction of sp³-hybridized carbons (Fsp3) is 0.500. The third-order valence-corrected chi connectivity index (χ3v) is 1.77. The molecule has 0 saturated carbocycles. The van der Waals surface area contributed by atoms with Crippen LogP contribution in [0.4, 0.5) is 0 Å². The van der Waals surface area contributed by atoms with Crippen molar-refractivity contribution in [3.63, 3.8) is 0 Å². The summed E-state index contributed by atoms with van der Waals surface area (Å²) in [5.41, 5.74) is 0.643. The largest absolute Gasteiger partial charge is 0.466 e. The molecule has 3 heteroatoms. The van der Waals surface area contributed by atoms with Gasteiger partial charge in [-0.2, -0.15) is 0 Å². The Kier molecular flexibility index (Phi) is 5.89. The first kappa shape index (κ1) is 11.9. The zero-order valence-corrected chi connectivity index (χ0v) is 8.46. The Balaban J connectivity index is 4.24. The second-order valence-electron chi connectivity index (χ2n) is 2.65. The summed E-state index contributed by atoms with van der Waals surface area (Å²) >= 11 is 0. The molecule has 0 amide bonds. The highest BCUT2D eigenvalue weighted by Crippen LogP contribution is 2.03. The minimum absolute atomic E-state index is 0.00421. The van der Waals surface area contributed by atoms with E-state index in [1.807, 2.05) is 13.8 Å². The monoisotopic (exact) mass is 183 g/mol. The Morgan fingerprint density at radius 2 is 2.31 bits per heavy atom. The molecule has 1 N–H and O–H groups in total. The number of hydrogen-bond acceptors (Lipinski definition) is 3. The van der Waals surface area contributed by atoms with Crippen LogP contribution in [0.25, 0.3) is 0 Å². The summed E-state index contributed by atoms with van der Waals surface area (Å²) in [5.74, 6) is -0.286. The van der Waals surface area contributed by atoms with Gasteiger partial charge in [-0.25, -0.2) is 4.79 Å². The molecule has 74 valence electrons. The first-order valence-corrected chi connectivity index (χ1v) is 4.26. The first-order valence-electron chi connectivity index (χ1n) is 4.26. The standard InChI is InChI=1S/C10H17NO2/c1-5-7-11-8(3)9(6-2)10(12)13-4/h5-6,8,11H,1,7H2,2-4H3. The summed E-state index contributed by atoms with van der Waals surface area (Å²) in [6, 6.07) is -0.00421. The highest BCUT2D eigenvalue weighted by molar-refractivity contribution is 5.89. The van der Waals surface area contributed by atoms with Gasteiger partial charge in [-0.05, 0) is 13.8 Å². The van der Waals surface area contributed by atoms with E-state index < -0.39 is 0 Å². The molecular formula is C10H17NO2. The van der Waals surface area contributed by atoms with Crippen molar-refractivity contribution in [2.24, 2.45) is 0 Å². The van der Waals surface area contributed by atoms with Crippen LogP contribution in [0.15, 0.2) is 24.3 Å². The van der Waals surface area contributed by atoms with Crippen LogP contribution >= 0.6 is 0 Å². The van der Waals surface area contributed by atoms with Crippen molar-refractivity contribution in [2.45, 2.75) is 19.9 Å². The van der Waals surface area contributed by atoms with E-state index in [1.54, 1.807) is 12.2 Å². The number of methoxy groups -OCH3 is 1. The molecule has 0 rings (SSSR count). The fourth-order valence-electron chi connectivity index (χ4n) is 1.03. The maximum absolute atomic E-state index is 11.2. The topological polar surface area (TPSA) is 38.3 Å². The van der Waals surface area contributed by atoms with E-state index in [0.29, 0.717) is 12.1 Å². The molecule has 0 radical (unpaired) electrons. The fourth-order valence-corrected chi connectivity index (χ4v) is 1.03. The third kappa shape index (κ3) is 3.90. The Morgan fingerprint density at radius 1 is 1.69 bits per heavy atom. The van der Waals surface area contributed by atoms with Crippen LogP contribution in [0.5, 0.6) is 0 Å². The van der Waals surface area contributed by atoms with E-state index >= 15 is 0 Å². The van der Waals surface area contributed by atoms with E-state index in [2.05, 4.69) is 16.6 Å². The number of carbonyl (C=O) groups is 1. The van der Waals surface area contributed by atoms with Gasteiger partial charge < -0.3 is 10.1 Å². The van der Waals surface area contributed by atoms with Gasteiger partial charge in [0.05, 0.1) is 7.11 Å². The highest BCUT2D eigenvalue weighted by atomic mass is 16.5. The normalized spacial score (nSPS) is 13.6. The van der Waals surface area contributed by atoms with Crippen LogP contribution < -0.4 is 5.32 Å². The second-order valence-corrected chi connectivity index (χ2v) is 2.65. The number of carbonyl (C=O) groups excluding carboxylic acids is 1. The number of ether oxygens (including phenoxy) is 1. The lowest BCUT2D eigenvalue weighted by Gasteiger charge is -2.14. The molecule has 0 aromatic heterocycles. The van der Waals surface area contributed by atoms with Crippen molar-refractivity contribution in [1.29, 1.82) is 0 Å². The van der Waals surface area contributed by atoms with Gasteiger partial charge in [0, 0.05) is 18.2 Å². The third-order valence-electron chi connectivity index (χ3n) is 1.77. The number of allylic oxidation sites excluding steroid dienone is 1. The number of nitrogens with one attached hydrogen (secondary N) is 1. The lowest BCUT2D eigenvalue weighted by Crippen LogP contribution is -2.31. The SMILES string of the molecule is C=CCNC(C)C(=CC)C(=O)OC. The molecule has 0 aromatic rings. The van der Waals surface area contributed by atoms with Gasteiger partial charge >= 0.3 is 5.97 Å². The zero-order chi connectivity index (χ0) is 10.3. The number of rotatable bonds is 5. The molecule has 0 saturated heterocycles. The summed E-state index contributed by atoms with van der Waals surface area (Å²) in [6.07, 6.45) is 3.51. The molecule has 1 unspecified atom stereocenters. The van der Waals surface area contributed by atoms with Crippen LogP contribution in [0.1, 0.15) is 13.8 Å². The van der Waals surface area contributed by atoms with Gasteiger partial charge in [0.15, 0.2) is 0 Å². The molecule has 3 nitrogen and oxygen atoms in total. The number of esters is 1. The molecule has 0 spiro atoms. The van der Waals surface area contributed by atoms with Crippen LogP contribution in [0.2, 0.25) is 0 Å². The minimum atomic E-state index is -0.286. The van der Waals surface area contributed by atoms with E-state index in [1.165, 1.54) is 7.11 Å². The van der Waals surface area contributed by atoms with Gasteiger partial charge in [0.2, 0.25) is 0 Å². The van der Waals surface area contributed by atoms with Gasteiger partial charge in [-0.1, -0.05) is 12.2 Å². The predicted molar refractivity (Wildman–Crippen MR) is 53.4 cm³/mol. The van der Waals surface area contributed by atoms with Crippen molar-refractivity contribution in [3.8, 4) is 0 Å². The van der Waals surface area contributed by atoms with Crippen molar-refractivity contribution in [2.75, 3.05) is 13.7 Å². The van der Waals surface area contributed by atoms with Crippen molar-refractivity contribution < 1.29 is 9.53 Å². The molecular weight excluding hydrogens is 166 g/mol. The van der Waals surface area contributed by atoms with Crippen LogP contribution in [0.3, 0.4) is 0 Å².